The number of rotatable bonds is 7. The standard InChI is InChI=1S/C26H28ClF2N7O2/c27-26(28,29)38-20-3-1-18(2-4-20)33-24(37)17-11-21(22-5-8-32-34-22)23(31-12-17)36-15-25(16-36)6-9-35(10-7-25)19-13-30-14-19/h1-5,8,11-12,19,30H,6-7,9-10,13-16H2,(H,32,34)(H,33,37). The summed E-state index contributed by atoms with van der Waals surface area (Å²) in [4.78, 5) is 22.6. The Morgan fingerprint density at radius 2 is 1.89 bits per heavy atom. The molecular formula is C26H28ClF2N7O2. The first-order chi connectivity index (χ1) is 18.3. The normalized spacial score (nSPS) is 19.6. The lowest BCUT2D eigenvalue weighted by Gasteiger charge is -2.56. The van der Waals surface area contributed by atoms with Gasteiger partial charge >= 0.3 is 5.57 Å². The summed E-state index contributed by atoms with van der Waals surface area (Å²) in [5.41, 5.74) is -1.12. The molecule has 6 rings (SSSR count). The number of likely N-dealkylation sites (tertiary alicyclic amines) is 1. The van der Waals surface area contributed by atoms with Gasteiger partial charge in [-0.15, -0.1) is 8.78 Å². The van der Waals surface area contributed by atoms with Gasteiger partial charge in [0.15, 0.2) is 0 Å². The fourth-order valence-corrected chi connectivity index (χ4v) is 5.59. The van der Waals surface area contributed by atoms with Crippen LogP contribution in [0.4, 0.5) is 20.3 Å². The molecule has 0 radical (unpaired) electrons. The number of piperidine rings is 1. The summed E-state index contributed by atoms with van der Waals surface area (Å²) in [5.74, 6) is 0.332. The van der Waals surface area contributed by atoms with Gasteiger partial charge in [0.05, 0.1) is 11.3 Å². The highest BCUT2D eigenvalue weighted by Gasteiger charge is 2.47. The van der Waals surface area contributed by atoms with E-state index in [2.05, 4.69) is 35.4 Å². The molecule has 3 N–H and O–H groups in total. The maximum Gasteiger partial charge on any atom is 0.487 e. The number of carbonyl (C=O) groups excluding carboxylic acids is 1. The third-order valence-electron chi connectivity index (χ3n) is 7.75. The summed E-state index contributed by atoms with van der Waals surface area (Å²) in [6.07, 6.45) is 5.61. The number of benzene rings is 1. The number of halogens is 3. The first-order valence-electron chi connectivity index (χ1n) is 12.6. The Morgan fingerprint density at radius 3 is 2.50 bits per heavy atom. The number of anilines is 2. The minimum Gasteiger partial charge on any atom is -0.420 e. The molecule has 3 fully saturated rings. The van der Waals surface area contributed by atoms with Crippen molar-refractivity contribution < 1.29 is 18.3 Å². The van der Waals surface area contributed by atoms with Gasteiger partial charge in [-0.3, -0.25) is 14.8 Å². The second-order valence-electron chi connectivity index (χ2n) is 10.3. The molecule has 38 heavy (non-hydrogen) atoms. The number of amides is 1. The number of alkyl halides is 3. The zero-order chi connectivity index (χ0) is 26.3. The van der Waals surface area contributed by atoms with Crippen molar-refractivity contribution in [1.82, 2.24) is 25.4 Å². The summed E-state index contributed by atoms with van der Waals surface area (Å²) >= 11 is 4.80. The van der Waals surface area contributed by atoms with Crippen LogP contribution in [0, 0.1) is 5.41 Å². The van der Waals surface area contributed by atoms with Gasteiger partial charge in [0, 0.05) is 72.9 Å². The lowest BCUT2D eigenvalue weighted by molar-refractivity contribution is -0.0964. The van der Waals surface area contributed by atoms with Crippen LogP contribution in [0.15, 0.2) is 48.8 Å². The van der Waals surface area contributed by atoms with Gasteiger partial charge in [0.1, 0.15) is 11.6 Å². The first-order valence-corrected chi connectivity index (χ1v) is 13.0. The lowest BCUT2D eigenvalue weighted by atomic mass is 9.71. The number of ether oxygens (including phenoxy) is 1. The van der Waals surface area contributed by atoms with Gasteiger partial charge in [-0.1, -0.05) is 0 Å². The number of pyridine rings is 1. The Hall–Kier alpha value is -3.28. The van der Waals surface area contributed by atoms with Crippen LogP contribution in [-0.2, 0) is 0 Å². The second kappa shape index (κ2) is 9.79. The van der Waals surface area contributed by atoms with Crippen molar-refractivity contribution in [2.75, 3.05) is 49.5 Å². The molecule has 2 aromatic heterocycles. The molecule has 3 saturated heterocycles. The number of nitrogens with one attached hydrogen (secondary N) is 3. The molecule has 0 unspecified atom stereocenters. The molecule has 200 valence electrons. The topological polar surface area (TPSA) is 98.4 Å². The Balaban J connectivity index is 1.15. The van der Waals surface area contributed by atoms with E-state index in [4.69, 9.17) is 16.6 Å². The van der Waals surface area contributed by atoms with Gasteiger partial charge in [0.2, 0.25) is 0 Å². The quantitative estimate of drug-likeness (QED) is 0.390. The maximum absolute atomic E-state index is 13.0. The number of nitrogens with zero attached hydrogens (tertiary/aromatic N) is 4. The predicted octanol–water partition coefficient (Wildman–Crippen LogP) is 3.77. The number of aromatic nitrogens is 3. The third-order valence-corrected chi connectivity index (χ3v) is 7.83. The van der Waals surface area contributed by atoms with Gasteiger partial charge in [0.25, 0.3) is 5.91 Å². The van der Waals surface area contributed by atoms with Crippen molar-refractivity contribution in [3.05, 3.63) is 54.4 Å². The minimum absolute atomic E-state index is 0.117. The number of hydrogen-bond acceptors (Lipinski definition) is 7. The lowest BCUT2D eigenvalue weighted by Crippen LogP contribution is -2.64. The van der Waals surface area contributed by atoms with Gasteiger partial charge in [-0.25, -0.2) is 4.98 Å². The summed E-state index contributed by atoms with van der Waals surface area (Å²) in [5, 5.41) is 13.2. The van der Waals surface area contributed by atoms with E-state index in [1.165, 1.54) is 37.1 Å². The number of H-pyrrole nitrogens is 1. The Labute approximate surface area is 223 Å². The largest absolute Gasteiger partial charge is 0.487 e. The molecule has 12 heteroatoms. The maximum atomic E-state index is 13.0. The molecule has 1 amide bonds. The fraction of sp³-hybridized carbons (Fsp3) is 0.423. The summed E-state index contributed by atoms with van der Waals surface area (Å²) in [6, 6.07) is 9.87. The van der Waals surface area contributed by atoms with E-state index in [0.717, 1.165) is 56.3 Å². The zero-order valence-corrected chi connectivity index (χ0v) is 21.3. The number of carbonyl (C=O) groups is 1. The first kappa shape index (κ1) is 25.0. The Kier molecular flexibility index (Phi) is 6.45. The van der Waals surface area contributed by atoms with Crippen molar-refractivity contribution in [1.29, 1.82) is 0 Å². The molecule has 0 atom stereocenters. The minimum atomic E-state index is -3.80. The molecule has 9 nitrogen and oxygen atoms in total. The van der Waals surface area contributed by atoms with E-state index in [1.54, 1.807) is 18.5 Å². The molecule has 0 aliphatic carbocycles. The molecule has 3 aliphatic heterocycles. The van der Waals surface area contributed by atoms with Crippen molar-refractivity contribution in [3.8, 4) is 17.0 Å². The molecule has 0 saturated carbocycles. The highest BCUT2D eigenvalue weighted by Crippen LogP contribution is 2.44. The van der Waals surface area contributed by atoms with Crippen LogP contribution >= 0.6 is 11.6 Å². The van der Waals surface area contributed by atoms with Crippen LogP contribution in [0.25, 0.3) is 11.3 Å². The number of hydrogen-bond donors (Lipinski definition) is 3. The van der Waals surface area contributed by atoms with Gasteiger partial charge in [-0.05, 0) is 62.3 Å². The second-order valence-corrected chi connectivity index (χ2v) is 10.7. The van der Waals surface area contributed by atoms with E-state index in [1.807, 2.05) is 6.07 Å². The van der Waals surface area contributed by atoms with Gasteiger partial charge < -0.3 is 20.3 Å². The van der Waals surface area contributed by atoms with E-state index in [0.29, 0.717) is 22.7 Å². The van der Waals surface area contributed by atoms with Crippen molar-refractivity contribution in [3.63, 3.8) is 0 Å². The van der Waals surface area contributed by atoms with Crippen LogP contribution in [0.1, 0.15) is 23.2 Å². The van der Waals surface area contributed by atoms with E-state index in [-0.39, 0.29) is 11.7 Å². The van der Waals surface area contributed by atoms with Crippen LogP contribution in [0.2, 0.25) is 0 Å². The summed E-state index contributed by atoms with van der Waals surface area (Å²) in [6.45, 7) is 6.37. The van der Waals surface area contributed by atoms with Crippen molar-refractivity contribution in [2.45, 2.75) is 24.5 Å². The molecule has 3 aromatic rings. The van der Waals surface area contributed by atoms with Gasteiger partial charge in [-0.2, -0.15) is 5.10 Å². The SMILES string of the molecule is O=C(Nc1ccc(OC(F)(F)Cl)cc1)c1cnc(N2CC3(CCN(C4CNC4)CC3)C2)c(-c2ccn[nH]2)c1. The van der Waals surface area contributed by atoms with Crippen molar-refractivity contribution in [2.24, 2.45) is 5.41 Å². The van der Waals surface area contributed by atoms with E-state index >= 15 is 0 Å². The third kappa shape index (κ3) is 5.18. The molecule has 3 aliphatic rings. The molecule has 0 bridgehead atoms. The van der Waals surface area contributed by atoms with Crippen LogP contribution in [0.3, 0.4) is 0 Å². The smallest absolute Gasteiger partial charge is 0.420 e. The molecular weight excluding hydrogens is 516 g/mol. The highest BCUT2D eigenvalue weighted by atomic mass is 35.5. The summed E-state index contributed by atoms with van der Waals surface area (Å²) in [7, 11) is 0. The average molecular weight is 544 g/mol. The zero-order valence-electron chi connectivity index (χ0n) is 20.6. The van der Waals surface area contributed by atoms with Crippen LogP contribution < -0.4 is 20.3 Å². The Morgan fingerprint density at radius 1 is 1.16 bits per heavy atom. The monoisotopic (exact) mass is 543 g/mol. The molecule has 1 aromatic carbocycles. The van der Waals surface area contributed by atoms with Crippen molar-refractivity contribution >= 4 is 29.0 Å². The number of aromatic amines is 1. The molecule has 1 spiro atoms. The highest BCUT2D eigenvalue weighted by molar-refractivity contribution is 6.20. The van der Waals surface area contributed by atoms with Crippen LogP contribution in [-0.4, -0.2) is 76.9 Å². The Bertz CT molecular complexity index is 1280. The molecule has 5 heterocycles. The van der Waals surface area contributed by atoms with Crippen LogP contribution in [0.5, 0.6) is 5.75 Å². The average Bonchev–Trinajstić information content (AvgIpc) is 3.37. The summed E-state index contributed by atoms with van der Waals surface area (Å²) < 4.78 is 30.0. The van der Waals surface area contributed by atoms with E-state index in [9.17, 15) is 13.6 Å². The fourth-order valence-electron chi connectivity index (χ4n) is 5.51. The van der Waals surface area contributed by atoms with E-state index < -0.39 is 5.57 Å². The predicted molar refractivity (Wildman–Crippen MR) is 140 cm³/mol.